The fourth-order valence-corrected chi connectivity index (χ4v) is 3.41. The number of amides is 1. The van der Waals surface area contributed by atoms with Crippen molar-refractivity contribution in [1.82, 2.24) is 10.2 Å². The van der Waals surface area contributed by atoms with E-state index in [0.717, 1.165) is 51.0 Å². The molecule has 1 N–H and O–H groups in total. The van der Waals surface area contributed by atoms with Crippen LogP contribution in [0.15, 0.2) is 18.2 Å². The van der Waals surface area contributed by atoms with Gasteiger partial charge in [-0.3, -0.25) is 9.59 Å². The number of benzene rings is 1. The van der Waals surface area contributed by atoms with E-state index in [4.69, 9.17) is 0 Å². The standard InChI is InChI=1S/C21H32N2O2/c1-5-11-22-20(25)21(4)10-13-23(15-21)12-6-7-19(24)18-9-8-16(2)17(3)14-18/h8-9,14H,5-7,10-13,15H2,1-4H3,(H,22,25). The molecule has 1 aromatic carbocycles. The van der Waals surface area contributed by atoms with E-state index in [0.29, 0.717) is 6.42 Å². The first-order chi connectivity index (χ1) is 11.9. The van der Waals surface area contributed by atoms with Crippen LogP contribution in [0.2, 0.25) is 0 Å². The van der Waals surface area contributed by atoms with E-state index >= 15 is 0 Å². The summed E-state index contributed by atoms with van der Waals surface area (Å²) >= 11 is 0. The molecule has 1 aromatic rings. The molecule has 0 aromatic heterocycles. The van der Waals surface area contributed by atoms with Crippen molar-refractivity contribution in [1.29, 1.82) is 0 Å². The topological polar surface area (TPSA) is 49.4 Å². The number of nitrogens with one attached hydrogen (secondary N) is 1. The Hall–Kier alpha value is -1.68. The van der Waals surface area contributed by atoms with Crippen LogP contribution in [-0.4, -0.2) is 42.8 Å². The summed E-state index contributed by atoms with van der Waals surface area (Å²) in [7, 11) is 0. The number of carbonyl (C=O) groups excluding carboxylic acids is 2. The molecule has 0 aliphatic carbocycles. The predicted octanol–water partition coefficient (Wildman–Crippen LogP) is 3.50. The Morgan fingerprint density at radius 3 is 2.68 bits per heavy atom. The van der Waals surface area contributed by atoms with Crippen molar-refractivity contribution in [2.45, 2.75) is 53.4 Å². The van der Waals surface area contributed by atoms with E-state index < -0.39 is 0 Å². The third kappa shape index (κ3) is 5.15. The van der Waals surface area contributed by atoms with Crippen molar-refractivity contribution in [2.24, 2.45) is 5.41 Å². The van der Waals surface area contributed by atoms with Gasteiger partial charge in [0.1, 0.15) is 0 Å². The second kappa shape index (κ2) is 8.61. The molecule has 1 aliphatic heterocycles. The smallest absolute Gasteiger partial charge is 0.227 e. The van der Waals surface area contributed by atoms with Crippen LogP contribution in [0, 0.1) is 19.3 Å². The molecule has 1 aliphatic rings. The van der Waals surface area contributed by atoms with E-state index in [-0.39, 0.29) is 17.1 Å². The molecule has 1 atom stereocenters. The summed E-state index contributed by atoms with van der Waals surface area (Å²) in [5, 5.41) is 3.02. The van der Waals surface area contributed by atoms with Gasteiger partial charge in [-0.2, -0.15) is 0 Å². The van der Waals surface area contributed by atoms with Gasteiger partial charge in [-0.1, -0.05) is 19.1 Å². The van der Waals surface area contributed by atoms with Gasteiger partial charge in [0.25, 0.3) is 0 Å². The summed E-state index contributed by atoms with van der Waals surface area (Å²) in [6, 6.07) is 5.93. The van der Waals surface area contributed by atoms with Crippen molar-refractivity contribution in [3.63, 3.8) is 0 Å². The average Bonchev–Trinajstić information content (AvgIpc) is 2.97. The van der Waals surface area contributed by atoms with Gasteiger partial charge >= 0.3 is 0 Å². The molecule has 2 rings (SSSR count). The number of Topliss-reactive ketones (excluding diaryl/α,β-unsaturated/α-hetero) is 1. The number of hydrogen-bond acceptors (Lipinski definition) is 3. The number of nitrogens with zero attached hydrogens (tertiary/aromatic N) is 1. The highest BCUT2D eigenvalue weighted by Crippen LogP contribution is 2.30. The molecule has 4 nitrogen and oxygen atoms in total. The largest absolute Gasteiger partial charge is 0.356 e. The van der Waals surface area contributed by atoms with E-state index in [9.17, 15) is 9.59 Å². The van der Waals surface area contributed by atoms with Crippen molar-refractivity contribution in [3.05, 3.63) is 34.9 Å². The van der Waals surface area contributed by atoms with Crippen LogP contribution in [0.1, 0.15) is 61.0 Å². The van der Waals surface area contributed by atoms with E-state index in [1.807, 2.05) is 25.1 Å². The Morgan fingerprint density at radius 1 is 1.24 bits per heavy atom. The second-order valence-corrected chi connectivity index (χ2v) is 7.67. The molecule has 25 heavy (non-hydrogen) atoms. The molecular weight excluding hydrogens is 312 g/mol. The molecular formula is C21H32N2O2. The molecule has 1 fully saturated rings. The van der Waals surface area contributed by atoms with Crippen LogP contribution in [0.4, 0.5) is 0 Å². The summed E-state index contributed by atoms with van der Waals surface area (Å²) in [5.41, 5.74) is 2.91. The first kappa shape index (κ1) is 19.6. The van der Waals surface area contributed by atoms with E-state index in [1.54, 1.807) is 0 Å². The number of ketones is 1. The van der Waals surface area contributed by atoms with Gasteiger partial charge in [-0.25, -0.2) is 0 Å². The van der Waals surface area contributed by atoms with Gasteiger partial charge in [-0.15, -0.1) is 0 Å². The SMILES string of the molecule is CCCNC(=O)C1(C)CCN(CCCC(=O)c2ccc(C)c(C)c2)C1. The second-order valence-electron chi connectivity index (χ2n) is 7.67. The lowest BCUT2D eigenvalue weighted by atomic mass is 9.88. The molecule has 1 heterocycles. The number of rotatable bonds is 8. The van der Waals surface area contributed by atoms with Gasteiger partial charge in [-0.05, 0) is 70.3 Å². The van der Waals surface area contributed by atoms with Crippen molar-refractivity contribution in [3.8, 4) is 0 Å². The minimum absolute atomic E-state index is 0.169. The zero-order valence-corrected chi connectivity index (χ0v) is 16.2. The maximum absolute atomic E-state index is 12.4. The Bertz CT molecular complexity index is 626. The zero-order chi connectivity index (χ0) is 18.4. The summed E-state index contributed by atoms with van der Waals surface area (Å²) in [4.78, 5) is 27.0. The highest BCUT2D eigenvalue weighted by Gasteiger charge is 2.39. The molecule has 1 saturated heterocycles. The quantitative estimate of drug-likeness (QED) is 0.734. The van der Waals surface area contributed by atoms with Gasteiger partial charge in [0.05, 0.1) is 5.41 Å². The first-order valence-electron chi connectivity index (χ1n) is 9.47. The first-order valence-corrected chi connectivity index (χ1v) is 9.47. The lowest BCUT2D eigenvalue weighted by Gasteiger charge is -2.23. The minimum atomic E-state index is -0.284. The van der Waals surface area contributed by atoms with Gasteiger partial charge in [0.15, 0.2) is 5.78 Å². The van der Waals surface area contributed by atoms with Crippen molar-refractivity contribution in [2.75, 3.05) is 26.2 Å². The monoisotopic (exact) mass is 344 g/mol. The lowest BCUT2D eigenvalue weighted by molar-refractivity contribution is -0.129. The molecule has 0 saturated carbocycles. The van der Waals surface area contributed by atoms with Crippen LogP contribution in [0.25, 0.3) is 0 Å². The molecule has 138 valence electrons. The fraction of sp³-hybridized carbons (Fsp3) is 0.619. The maximum atomic E-state index is 12.4. The van der Waals surface area contributed by atoms with Crippen LogP contribution < -0.4 is 5.32 Å². The summed E-state index contributed by atoms with van der Waals surface area (Å²) < 4.78 is 0. The minimum Gasteiger partial charge on any atom is -0.356 e. The molecule has 4 heteroatoms. The van der Waals surface area contributed by atoms with Crippen molar-refractivity contribution < 1.29 is 9.59 Å². The highest BCUT2D eigenvalue weighted by atomic mass is 16.2. The van der Waals surface area contributed by atoms with Crippen molar-refractivity contribution >= 4 is 11.7 Å². The van der Waals surface area contributed by atoms with Gasteiger partial charge in [0, 0.05) is 25.1 Å². The Kier molecular flexibility index (Phi) is 6.77. The third-order valence-electron chi connectivity index (χ3n) is 5.34. The predicted molar refractivity (Wildman–Crippen MR) is 102 cm³/mol. The Labute approximate surface area is 152 Å². The summed E-state index contributed by atoms with van der Waals surface area (Å²) in [6.07, 6.45) is 3.27. The highest BCUT2D eigenvalue weighted by molar-refractivity contribution is 5.96. The normalized spacial score (nSPS) is 20.6. The summed E-state index contributed by atoms with van der Waals surface area (Å²) in [6.45, 7) is 11.6. The molecule has 0 radical (unpaired) electrons. The molecule has 0 bridgehead atoms. The van der Waals surface area contributed by atoms with E-state index in [1.165, 1.54) is 11.1 Å². The number of likely N-dealkylation sites (tertiary alicyclic amines) is 1. The number of hydrogen-bond donors (Lipinski definition) is 1. The Morgan fingerprint density at radius 2 is 2.00 bits per heavy atom. The number of carbonyl (C=O) groups is 2. The van der Waals surface area contributed by atoms with E-state index in [2.05, 4.69) is 31.0 Å². The fourth-order valence-electron chi connectivity index (χ4n) is 3.41. The average molecular weight is 344 g/mol. The van der Waals surface area contributed by atoms with Gasteiger partial charge in [0.2, 0.25) is 5.91 Å². The van der Waals surface area contributed by atoms with Crippen LogP contribution in [0.3, 0.4) is 0 Å². The zero-order valence-electron chi connectivity index (χ0n) is 16.2. The lowest BCUT2D eigenvalue weighted by Crippen LogP contribution is -2.41. The molecule has 1 amide bonds. The van der Waals surface area contributed by atoms with Crippen LogP contribution in [0.5, 0.6) is 0 Å². The third-order valence-corrected chi connectivity index (χ3v) is 5.34. The number of aryl methyl sites for hydroxylation is 2. The van der Waals surface area contributed by atoms with Gasteiger partial charge < -0.3 is 10.2 Å². The summed E-state index contributed by atoms with van der Waals surface area (Å²) in [5.74, 6) is 0.383. The molecule has 1 unspecified atom stereocenters. The Balaban J connectivity index is 1.78. The van der Waals surface area contributed by atoms with Crippen LogP contribution >= 0.6 is 0 Å². The maximum Gasteiger partial charge on any atom is 0.227 e. The van der Waals surface area contributed by atoms with Crippen LogP contribution in [-0.2, 0) is 4.79 Å². The molecule has 0 spiro atoms.